The summed E-state index contributed by atoms with van der Waals surface area (Å²) in [5.41, 5.74) is 3.34. The van der Waals surface area contributed by atoms with E-state index < -0.39 is 0 Å². The topological polar surface area (TPSA) is 41.6 Å². The first-order valence-corrected chi connectivity index (χ1v) is 7.34. The molecule has 116 valence electrons. The van der Waals surface area contributed by atoms with Gasteiger partial charge < -0.3 is 15.0 Å². The van der Waals surface area contributed by atoms with Crippen molar-refractivity contribution in [2.75, 3.05) is 30.9 Å². The number of benzene rings is 2. The molecule has 4 nitrogen and oxygen atoms in total. The van der Waals surface area contributed by atoms with Gasteiger partial charge in [-0.2, -0.15) is 0 Å². The van der Waals surface area contributed by atoms with Crippen LogP contribution in [0.4, 0.5) is 11.4 Å². The van der Waals surface area contributed by atoms with Crippen molar-refractivity contribution in [1.82, 2.24) is 0 Å². The average molecular weight is 298 g/mol. The van der Waals surface area contributed by atoms with Crippen LogP contribution < -0.4 is 15.0 Å². The molecular formula is C18H22N2O2. The number of hydrogen-bond acceptors (Lipinski definition) is 3. The fourth-order valence-corrected chi connectivity index (χ4v) is 2.27. The highest BCUT2D eigenvalue weighted by molar-refractivity contribution is 6.06. The highest BCUT2D eigenvalue weighted by atomic mass is 16.5. The van der Waals surface area contributed by atoms with Crippen molar-refractivity contribution < 1.29 is 9.53 Å². The van der Waals surface area contributed by atoms with E-state index in [4.69, 9.17) is 4.74 Å². The Morgan fingerprint density at radius 3 is 2.55 bits per heavy atom. The molecule has 2 rings (SSSR count). The number of carbonyl (C=O) groups is 1. The summed E-state index contributed by atoms with van der Waals surface area (Å²) in [6.45, 7) is 4.50. The van der Waals surface area contributed by atoms with Crippen molar-refractivity contribution in [3.63, 3.8) is 0 Å². The maximum absolute atomic E-state index is 12.4. The molecule has 22 heavy (non-hydrogen) atoms. The van der Waals surface area contributed by atoms with Crippen molar-refractivity contribution in [2.45, 2.75) is 13.8 Å². The minimum atomic E-state index is -0.125. The second-order valence-corrected chi connectivity index (χ2v) is 5.28. The van der Waals surface area contributed by atoms with Crippen LogP contribution in [0.1, 0.15) is 22.8 Å². The minimum absolute atomic E-state index is 0.125. The standard InChI is InChI=1S/C18H22N2O2/c1-5-22-17-11-10-14(12-13(17)2)18(21)19-15-8-6-7-9-16(15)20(3)4/h6-12H,5H2,1-4H3,(H,19,21). The maximum Gasteiger partial charge on any atom is 0.255 e. The lowest BCUT2D eigenvalue weighted by Crippen LogP contribution is -2.16. The zero-order valence-corrected chi connectivity index (χ0v) is 13.5. The molecular weight excluding hydrogens is 276 g/mol. The van der Waals surface area contributed by atoms with E-state index in [2.05, 4.69) is 5.32 Å². The van der Waals surface area contributed by atoms with Crippen molar-refractivity contribution in [1.29, 1.82) is 0 Å². The first kappa shape index (κ1) is 15.9. The Morgan fingerprint density at radius 2 is 1.91 bits per heavy atom. The van der Waals surface area contributed by atoms with Gasteiger partial charge in [-0.05, 0) is 49.7 Å². The van der Waals surface area contributed by atoms with Crippen LogP contribution in [0.15, 0.2) is 42.5 Å². The van der Waals surface area contributed by atoms with Crippen molar-refractivity contribution >= 4 is 17.3 Å². The van der Waals surface area contributed by atoms with E-state index in [9.17, 15) is 4.79 Å². The summed E-state index contributed by atoms with van der Waals surface area (Å²) >= 11 is 0. The fraction of sp³-hybridized carbons (Fsp3) is 0.278. The molecule has 0 saturated heterocycles. The Balaban J connectivity index is 2.21. The third kappa shape index (κ3) is 3.58. The predicted molar refractivity (Wildman–Crippen MR) is 91.1 cm³/mol. The molecule has 0 bridgehead atoms. The quantitative estimate of drug-likeness (QED) is 0.915. The van der Waals surface area contributed by atoms with Gasteiger partial charge in [-0.15, -0.1) is 0 Å². The van der Waals surface area contributed by atoms with E-state index in [0.29, 0.717) is 12.2 Å². The van der Waals surface area contributed by atoms with E-state index in [-0.39, 0.29) is 5.91 Å². The Hall–Kier alpha value is -2.49. The summed E-state index contributed by atoms with van der Waals surface area (Å²) < 4.78 is 5.50. The monoisotopic (exact) mass is 298 g/mol. The second kappa shape index (κ2) is 6.98. The van der Waals surface area contributed by atoms with E-state index in [1.807, 2.05) is 69.2 Å². The van der Waals surface area contributed by atoms with E-state index in [1.54, 1.807) is 6.07 Å². The van der Waals surface area contributed by atoms with Gasteiger partial charge in [0.15, 0.2) is 0 Å². The number of nitrogens with zero attached hydrogens (tertiary/aromatic N) is 1. The Morgan fingerprint density at radius 1 is 1.18 bits per heavy atom. The number of aryl methyl sites for hydroxylation is 1. The van der Waals surface area contributed by atoms with Gasteiger partial charge in [-0.3, -0.25) is 4.79 Å². The maximum atomic E-state index is 12.4. The lowest BCUT2D eigenvalue weighted by molar-refractivity contribution is 0.102. The summed E-state index contributed by atoms with van der Waals surface area (Å²) in [4.78, 5) is 14.4. The van der Waals surface area contributed by atoms with Crippen LogP contribution in [0, 0.1) is 6.92 Å². The second-order valence-electron chi connectivity index (χ2n) is 5.28. The van der Waals surface area contributed by atoms with Crippen molar-refractivity contribution in [3.05, 3.63) is 53.6 Å². The number of anilines is 2. The van der Waals surface area contributed by atoms with E-state index in [1.165, 1.54) is 0 Å². The van der Waals surface area contributed by atoms with Crippen LogP contribution in [-0.2, 0) is 0 Å². The molecule has 0 aliphatic heterocycles. The van der Waals surface area contributed by atoms with Gasteiger partial charge >= 0.3 is 0 Å². The SMILES string of the molecule is CCOc1ccc(C(=O)Nc2ccccc2N(C)C)cc1C. The number of para-hydroxylation sites is 2. The summed E-state index contributed by atoms with van der Waals surface area (Å²) in [5.74, 6) is 0.688. The summed E-state index contributed by atoms with van der Waals surface area (Å²) in [5, 5.41) is 2.97. The molecule has 0 aliphatic carbocycles. The zero-order chi connectivity index (χ0) is 16.1. The molecule has 2 aromatic carbocycles. The fourth-order valence-electron chi connectivity index (χ4n) is 2.27. The first-order valence-electron chi connectivity index (χ1n) is 7.34. The molecule has 1 amide bonds. The molecule has 0 saturated carbocycles. The molecule has 0 atom stereocenters. The van der Waals surface area contributed by atoms with Gasteiger partial charge in [-0.25, -0.2) is 0 Å². The molecule has 0 fully saturated rings. The number of amides is 1. The number of carbonyl (C=O) groups excluding carboxylic acids is 1. The summed E-state index contributed by atoms with van der Waals surface area (Å²) in [6.07, 6.45) is 0. The van der Waals surface area contributed by atoms with Gasteiger partial charge in [0.2, 0.25) is 0 Å². The molecule has 0 aromatic heterocycles. The summed E-state index contributed by atoms with van der Waals surface area (Å²) in [7, 11) is 3.90. The molecule has 1 N–H and O–H groups in total. The highest BCUT2D eigenvalue weighted by Gasteiger charge is 2.11. The van der Waals surface area contributed by atoms with Crippen molar-refractivity contribution in [2.24, 2.45) is 0 Å². The molecule has 0 radical (unpaired) electrons. The first-order chi connectivity index (χ1) is 10.5. The summed E-state index contributed by atoms with van der Waals surface area (Å²) in [6, 6.07) is 13.2. The Bertz CT molecular complexity index is 666. The lowest BCUT2D eigenvalue weighted by atomic mass is 10.1. The van der Waals surface area contributed by atoms with Crippen LogP contribution in [0.25, 0.3) is 0 Å². The molecule has 0 unspecified atom stereocenters. The van der Waals surface area contributed by atoms with Crippen LogP contribution in [-0.4, -0.2) is 26.6 Å². The van der Waals surface area contributed by atoms with E-state index in [0.717, 1.165) is 22.7 Å². The number of nitrogens with one attached hydrogen (secondary N) is 1. The largest absolute Gasteiger partial charge is 0.494 e. The number of ether oxygens (including phenoxy) is 1. The molecule has 4 heteroatoms. The smallest absolute Gasteiger partial charge is 0.255 e. The minimum Gasteiger partial charge on any atom is -0.494 e. The van der Waals surface area contributed by atoms with Crippen LogP contribution in [0.2, 0.25) is 0 Å². The highest BCUT2D eigenvalue weighted by Crippen LogP contribution is 2.25. The van der Waals surface area contributed by atoms with Gasteiger partial charge in [-0.1, -0.05) is 12.1 Å². The molecule has 0 spiro atoms. The predicted octanol–water partition coefficient (Wildman–Crippen LogP) is 3.71. The average Bonchev–Trinajstić information content (AvgIpc) is 2.49. The zero-order valence-electron chi connectivity index (χ0n) is 13.5. The van der Waals surface area contributed by atoms with Gasteiger partial charge in [0.25, 0.3) is 5.91 Å². The van der Waals surface area contributed by atoms with E-state index >= 15 is 0 Å². The van der Waals surface area contributed by atoms with Crippen molar-refractivity contribution in [3.8, 4) is 5.75 Å². The normalized spacial score (nSPS) is 10.2. The number of rotatable bonds is 5. The Kier molecular flexibility index (Phi) is 5.04. The lowest BCUT2D eigenvalue weighted by Gasteiger charge is -2.18. The third-order valence-electron chi connectivity index (χ3n) is 3.37. The van der Waals surface area contributed by atoms with Crippen LogP contribution in [0.3, 0.4) is 0 Å². The molecule has 2 aromatic rings. The van der Waals surface area contributed by atoms with Gasteiger partial charge in [0.05, 0.1) is 18.0 Å². The van der Waals surface area contributed by atoms with Gasteiger partial charge in [0.1, 0.15) is 5.75 Å². The third-order valence-corrected chi connectivity index (χ3v) is 3.37. The van der Waals surface area contributed by atoms with Crippen LogP contribution in [0.5, 0.6) is 5.75 Å². The molecule has 0 aliphatic rings. The van der Waals surface area contributed by atoms with Gasteiger partial charge in [0, 0.05) is 19.7 Å². The number of hydrogen-bond donors (Lipinski definition) is 1. The Labute approximate surface area is 131 Å². The van der Waals surface area contributed by atoms with Crippen LogP contribution >= 0.6 is 0 Å². The molecule has 0 heterocycles.